The molecule has 0 saturated heterocycles. The van der Waals surface area contributed by atoms with Gasteiger partial charge < -0.3 is 39.1 Å². The molecule has 0 heterocycles. The average molecular weight is 487 g/mol. The van der Waals surface area contributed by atoms with Gasteiger partial charge in [0.25, 0.3) is 0 Å². The Balaban J connectivity index is -0.00000134. The lowest BCUT2D eigenvalue weighted by molar-refractivity contribution is -0.109. The van der Waals surface area contributed by atoms with E-state index in [9.17, 15) is 9.18 Å². The minimum absolute atomic E-state index is 0.0439. The summed E-state index contributed by atoms with van der Waals surface area (Å²) < 4.78 is 44.8. The molecule has 0 spiro atoms. The number of alkyl halides is 1. The Morgan fingerprint density at radius 2 is 1.03 bits per heavy atom. The summed E-state index contributed by atoms with van der Waals surface area (Å²) in [6.07, 6.45) is -0.751. The van der Waals surface area contributed by atoms with Gasteiger partial charge in [0.1, 0.15) is 6.17 Å². The molecule has 0 aromatic heterocycles. The van der Waals surface area contributed by atoms with Gasteiger partial charge in [-0.2, -0.15) is 0 Å². The van der Waals surface area contributed by atoms with Gasteiger partial charge in [0.05, 0.1) is 85.8 Å². The summed E-state index contributed by atoms with van der Waals surface area (Å²) in [7, 11) is 1.88. The average Bonchev–Trinajstić information content (AvgIpc) is 2.80. The highest BCUT2D eigenvalue weighted by Gasteiger charge is 2.04. The van der Waals surface area contributed by atoms with Crippen molar-refractivity contribution in [1.82, 2.24) is 10.6 Å². The van der Waals surface area contributed by atoms with Crippen LogP contribution >= 0.6 is 0 Å². The third-order valence-electron chi connectivity index (χ3n) is 3.08. The number of ether oxygens (including phenoxy) is 6. The summed E-state index contributed by atoms with van der Waals surface area (Å²) in [5.41, 5.74) is 0. The first-order valence-electron chi connectivity index (χ1n) is 12.0. The fourth-order valence-electron chi connectivity index (χ4n) is 1.72. The molecule has 0 aliphatic rings. The van der Waals surface area contributed by atoms with Crippen LogP contribution in [0.1, 0.15) is 34.6 Å². The summed E-state index contributed by atoms with van der Waals surface area (Å²) in [5.74, 6) is 0.833. The van der Waals surface area contributed by atoms with Crippen LogP contribution in [-0.4, -0.2) is 112 Å². The van der Waals surface area contributed by atoms with E-state index in [4.69, 9.17) is 28.4 Å². The van der Waals surface area contributed by atoms with Gasteiger partial charge in [-0.25, -0.2) is 4.39 Å². The van der Waals surface area contributed by atoms with E-state index < -0.39 is 6.17 Å². The van der Waals surface area contributed by atoms with Gasteiger partial charge in [0.15, 0.2) is 0 Å². The van der Waals surface area contributed by atoms with Gasteiger partial charge in [0.2, 0.25) is 6.41 Å². The van der Waals surface area contributed by atoms with E-state index in [1.165, 1.54) is 0 Å². The second kappa shape index (κ2) is 35.7. The first kappa shape index (κ1) is 36.7. The number of carbonyl (C=O) groups is 1. The Morgan fingerprint density at radius 3 is 1.36 bits per heavy atom. The van der Waals surface area contributed by atoms with Crippen LogP contribution in [0.3, 0.4) is 0 Å². The summed E-state index contributed by atoms with van der Waals surface area (Å²) in [5, 5.41) is 5.25. The molecule has 0 aromatic rings. The number of hydrogen-bond donors (Lipinski definition) is 2. The minimum atomic E-state index is -1.21. The lowest BCUT2D eigenvalue weighted by Gasteiger charge is -2.09. The number of carbonyl (C=O) groups excluding carboxylic acids is 1. The molecular formula is C23H51FN2O7. The molecule has 0 aliphatic carbocycles. The molecular weight excluding hydrogens is 435 g/mol. The second-order valence-corrected chi connectivity index (χ2v) is 7.10. The van der Waals surface area contributed by atoms with E-state index in [-0.39, 0.29) is 13.2 Å². The van der Waals surface area contributed by atoms with Crippen LogP contribution in [0.4, 0.5) is 4.39 Å². The van der Waals surface area contributed by atoms with Crippen molar-refractivity contribution in [2.45, 2.75) is 40.8 Å². The van der Waals surface area contributed by atoms with Crippen molar-refractivity contribution in [1.29, 1.82) is 0 Å². The Morgan fingerprint density at radius 1 is 0.697 bits per heavy atom. The molecule has 1 atom stereocenters. The quantitative estimate of drug-likeness (QED) is 0.167. The molecule has 0 aliphatic heterocycles. The van der Waals surface area contributed by atoms with Crippen molar-refractivity contribution in [2.24, 2.45) is 5.92 Å². The number of halogens is 1. The normalized spacial score (nSPS) is 11.3. The van der Waals surface area contributed by atoms with Crippen molar-refractivity contribution in [3.05, 3.63) is 0 Å². The topological polar surface area (TPSA) is 96.5 Å². The summed E-state index contributed by atoms with van der Waals surface area (Å²) in [4.78, 5) is 9.99. The third-order valence-corrected chi connectivity index (χ3v) is 3.08. The number of hydrogen-bond acceptors (Lipinski definition) is 8. The first-order valence-corrected chi connectivity index (χ1v) is 12.0. The van der Waals surface area contributed by atoms with Gasteiger partial charge in [0, 0.05) is 6.54 Å². The molecule has 0 fully saturated rings. The minimum Gasteiger partial charge on any atom is -0.378 e. The molecule has 202 valence electrons. The van der Waals surface area contributed by atoms with Crippen LogP contribution in [0.25, 0.3) is 0 Å². The molecule has 1 amide bonds. The largest absolute Gasteiger partial charge is 0.378 e. The molecule has 0 rings (SSSR count). The predicted molar refractivity (Wildman–Crippen MR) is 130 cm³/mol. The van der Waals surface area contributed by atoms with Gasteiger partial charge in [-0.05, 0) is 13.0 Å². The van der Waals surface area contributed by atoms with Crippen LogP contribution in [0.5, 0.6) is 0 Å². The summed E-state index contributed by atoms with van der Waals surface area (Å²) in [6.45, 7) is 16.6. The zero-order valence-corrected chi connectivity index (χ0v) is 21.9. The van der Waals surface area contributed by atoms with E-state index in [2.05, 4.69) is 31.4 Å². The second-order valence-electron chi connectivity index (χ2n) is 7.10. The predicted octanol–water partition coefficient (Wildman–Crippen LogP) is 2.08. The first-order chi connectivity index (χ1) is 16.0. The molecule has 0 radical (unpaired) electrons. The maximum absolute atomic E-state index is 13.1. The fraction of sp³-hybridized carbons (Fsp3) is 0.957. The lowest BCUT2D eigenvalue weighted by Crippen LogP contribution is -2.26. The molecule has 10 heteroatoms. The van der Waals surface area contributed by atoms with Gasteiger partial charge >= 0.3 is 0 Å². The van der Waals surface area contributed by atoms with Crippen LogP contribution in [0.15, 0.2) is 0 Å². The monoisotopic (exact) mass is 486 g/mol. The van der Waals surface area contributed by atoms with Crippen molar-refractivity contribution < 1.29 is 37.6 Å². The zero-order chi connectivity index (χ0) is 25.4. The number of likely N-dealkylation sites (N-methyl/N-ethyl adjacent to an activating group) is 1. The zero-order valence-electron chi connectivity index (χ0n) is 21.9. The highest BCUT2D eigenvalue weighted by Crippen LogP contribution is 1.90. The highest BCUT2D eigenvalue weighted by molar-refractivity contribution is 5.45. The molecule has 9 nitrogen and oxygen atoms in total. The molecule has 2 N–H and O–H groups in total. The van der Waals surface area contributed by atoms with Crippen molar-refractivity contribution in [2.75, 3.05) is 99.4 Å². The Bertz CT molecular complexity index is 341. The fourth-order valence-corrected chi connectivity index (χ4v) is 1.72. The Hall–Kier alpha value is -0.880. The van der Waals surface area contributed by atoms with Gasteiger partial charge in [-0.1, -0.05) is 34.6 Å². The van der Waals surface area contributed by atoms with Crippen molar-refractivity contribution in [3.8, 4) is 0 Å². The van der Waals surface area contributed by atoms with Crippen LogP contribution in [0.2, 0.25) is 0 Å². The van der Waals surface area contributed by atoms with Crippen LogP contribution < -0.4 is 10.6 Å². The van der Waals surface area contributed by atoms with Crippen LogP contribution in [-0.2, 0) is 33.2 Å². The van der Waals surface area contributed by atoms with E-state index in [1.807, 2.05) is 20.9 Å². The highest BCUT2D eigenvalue weighted by atomic mass is 19.1. The summed E-state index contributed by atoms with van der Waals surface area (Å²) >= 11 is 0. The van der Waals surface area contributed by atoms with E-state index in [1.54, 1.807) is 0 Å². The summed E-state index contributed by atoms with van der Waals surface area (Å²) in [6, 6.07) is 0. The number of amides is 1. The SMILES string of the molecule is CC.CC(C)C.CNCCOCCOCCOCCOCCOCCOCC(F)CNC=O. The maximum Gasteiger partial charge on any atom is 0.207 e. The lowest BCUT2D eigenvalue weighted by atomic mass is 10.3. The Labute approximate surface area is 201 Å². The third kappa shape index (κ3) is 45.4. The van der Waals surface area contributed by atoms with Crippen LogP contribution in [0, 0.1) is 5.92 Å². The Kier molecular flexibility index (Phi) is 39.7. The smallest absolute Gasteiger partial charge is 0.207 e. The van der Waals surface area contributed by atoms with E-state index in [0.29, 0.717) is 79.1 Å². The van der Waals surface area contributed by atoms with Gasteiger partial charge in [-0.3, -0.25) is 4.79 Å². The molecule has 0 aromatic carbocycles. The standard InChI is InChI=1S/C17H35FN2O7.C4H10.C2H6/c1-19-2-3-22-4-5-23-6-7-24-8-9-25-10-11-26-12-13-27-15-17(18)14-20-16-21;1-4(2)3;1-2/h16-17,19H,2-15H2,1H3,(H,20,21);4H,1-3H3;1-2H3. The number of rotatable bonds is 23. The maximum atomic E-state index is 13.1. The number of nitrogens with one attached hydrogen (secondary N) is 2. The van der Waals surface area contributed by atoms with E-state index in [0.717, 1.165) is 12.5 Å². The molecule has 33 heavy (non-hydrogen) atoms. The van der Waals surface area contributed by atoms with Crippen molar-refractivity contribution >= 4 is 6.41 Å². The molecule has 0 bridgehead atoms. The van der Waals surface area contributed by atoms with Crippen molar-refractivity contribution in [3.63, 3.8) is 0 Å². The van der Waals surface area contributed by atoms with Gasteiger partial charge in [-0.15, -0.1) is 0 Å². The van der Waals surface area contributed by atoms with E-state index >= 15 is 0 Å². The molecule has 1 unspecified atom stereocenters. The molecule has 0 saturated carbocycles.